The van der Waals surface area contributed by atoms with Gasteiger partial charge in [0.15, 0.2) is 0 Å². The zero-order valence-electron chi connectivity index (χ0n) is 15.3. The molecule has 0 spiro atoms. The third-order valence-corrected chi connectivity index (χ3v) is 4.41. The fraction of sp³-hybridized carbons (Fsp3) is 0.632. The van der Waals surface area contributed by atoms with Crippen molar-refractivity contribution in [3.8, 4) is 0 Å². The average molecular weight is 335 g/mol. The number of ether oxygens (including phenoxy) is 1. The van der Waals surface area contributed by atoms with Gasteiger partial charge in [-0.25, -0.2) is 0 Å². The molecule has 1 N–H and O–H groups in total. The molecule has 1 aromatic rings. The molecule has 24 heavy (non-hydrogen) atoms. The van der Waals surface area contributed by atoms with E-state index in [2.05, 4.69) is 27.7 Å². The second-order valence-corrected chi connectivity index (χ2v) is 7.79. The first-order valence-corrected chi connectivity index (χ1v) is 8.45. The summed E-state index contributed by atoms with van der Waals surface area (Å²) in [6.07, 6.45) is 0.527. The first-order valence-electron chi connectivity index (χ1n) is 8.45. The summed E-state index contributed by atoms with van der Waals surface area (Å²) in [5.41, 5.74) is 0.297. The number of piperidine rings is 1. The van der Waals surface area contributed by atoms with E-state index in [1.54, 1.807) is 0 Å². The molecule has 0 aromatic heterocycles. The maximum Gasteiger partial charge on any atom is 0.302 e. The Labute approximate surface area is 144 Å². The number of carbonyl (C=O) groups excluding carboxylic acids is 1. The van der Waals surface area contributed by atoms with Gasteiger partial charge in [-0.15, -0.1) is 0 Å². The Hall–Kier alpha value is -1.43. The van der Waals surface area contributed by atoms with Gasteiger partial charge in [0, 0.05) is 18.0 Å². The Balaban J connectivity index is 2.25. The van der Waals surface area contributed by atoms with E-state index in [0.29, 0.717) is 12.8 Å². The standard InChI is InChI=1S/C19H29NO4/c1-14(21)23-13-17(15-9-7-6-8-10-15)24-20-18(2,3)11-16(22)12-19(20,4)5/h6-10,16-17,22H,11-13H2,1-5H3. The molecule has 1 unspecified atom stereocenters. The molecule has 134 valence electrons. The van der Waals surface area contributed by atoms with Crippen LogP contribution in [-0.4, -0.2) is 39.9 Å². The highest BCUT2D eigenvalue weighted by molar-refractivity contribution is 5.65. The molecular weight excluding hydrogens is 306 g/mol. The van der Waals surface area contributed by atoms with E-state index in [4.69, 9.17) is 9.57 Å². The number of hydroxylamine groups is 2. The van der Waals surface area contributed by atoms with Gasteiger partial charge in [0.25, 0.3) is 0 Å². The van der Waals surface area contributed by atoms with Gasteiger partial charge in [0.05, 0.1) is 6.10 Å². The van der Waals surface area contributed by atoms with Crippen LogP contribution < -0.4 is 0 Å². The molecule has 1 atom stereocenters. The lowest BCUT2D eigenvalue weighted by Crippen LogP contribution is -2.61. The Morgan fingerprint density at radius 1 is 1.21 bits per heavy atom. The van der Waals surface area contributed by atoms with Gasteiger partial charge in [0.2, 0.25) is 0 Å². The maximum atomic E-state index is 11.2. The summed E-state index contributed by atoms with van der Waals surface area (Å²) >= 11 is 0. The lowest BCUT2D eigenvalue weighted by Gasteiger charge is -2.53. The van der Waals surface area contributed by atoms with Crippen LogP contribution in [0.1, 0.15) is 59.1 Å². The minimum Gasteiger partial charge on any atom is -0.463 e. The molecule has 1 aromatic carbocycles. The molecule has 1 aliphatic heterocycles. The van der Waals surface area contributed by atoms with E-state index in [1.165, 1.54) is 6.92 Å². The Morgan fingerprint density at radius 3 is 2.25 bits per heavy atom. The number of benzene rings is 1. The lowest BCUT2D eigenvalue weighted by atomic mass is 9.80. The largest absolute Gasteiger partial charge is 0.463 e. The van der Waals surface area contributed by atoms with Crippen LogP contribution in [0.5, 0.6) is 0 Å². The number of hydrogen-bond acceptors (Lipinski definition) is 5. The Bertz CT molecular complexity index is 538. The van der Waals surface area contributed by atoms with Crippen molar-refractivity contribution in [1.29, 1.82) is 0 Å². The average Bonchev–Trinajstić information content (AvgIpc) is 2.44. The highest BCUT2D eigenvalue weighted by atomic mass is 16.7. The third kappa shape index (κ3) is 4.56. The van der Waals surface area contributed by atoms with Crippen molar-refractivity contribution in [3.05, 3.63) is 35.9 Å². The predicted octanol–water partition coefficient (Wildman–Crippen LogP) is 3.24. The van der Waals surface area contributed by atoms with Gasteiger partial charge in [-0.2, -0.15) is 5.06 Å². The molecule has 0 radical (unpaired) electrons. The van der Waals surface area contributed by atoms with E-state index >= 15 is 0 Å². The van der Waals surface area contributed by atoms with E-state index in [-0.39, 0.29) is 35.9 Å². The topological polar surface area (TPSA) is 59.0 Å². The summed E-state index contributed by atoms with van der Waals surface area (Å²) in [6.45, 7) is 9.80. The molecule has 1 saturated heterocycles. The molecule has 0 bridgehead atoms. The molecule has 0 amide bonds. The molecule has 2 rings (SSSR count). The second-order valence-electron chi connectivity index (χ2n) is 7.79. The molecule has 0 aliphatic carbocycles. The third-order valence-electron chi connectivity index (χ3n) is 4.41. The quantitative estimate of drug-likeness (QED) is 0.837. The monoisotopic (exact) mass is 335 g/mol. The van der Waals surface area contributed by atoms with Crippen molar-refractivity contribution in [1.82, 2.24) is 5.06 Å². The zero-order chi connectivity index (χ0) is 18.0. The van der Waals surface area contributed by atoms with E-state index in [0.717, 1.165) is 5.56 Å². The van der Waals surface area contributed by atoms with Crippen LogP contribution in [0.3, 0.4) is 0 Å². The second kappa shape index (κ2) is 7.21. The number of hydrogen-bond donors (Lipinski definition) is 1. The van der Waals surface area contributed by atoms with Gasteiger partial charge < -0.3 is 9.84 Å². The number of aliphatic hydroxyl groups is 1. The molecule has 1 aliphatic rings. The summed E-state index contributed by atoms with van der Waals surface area (Å²) < 4.78 is 5.22. The number of rotatable bonds is 5. The summed E-state index contributed by atoms with van der Waals surface area (Å²) in [7, 11) is 0. The summed E-state index contributed by atoms with van der Waals surface area (Å²) in [4.78, 5) is 17.6. The Kier molecular flexibility index (Phi) is 5.68. The van der Waals surface area contributed by atoms with Crippen LogP contribution in [0.15, 0.2) is 30.3 Å². The van der Waals surface area contributed by atoms with Gasteiger partial charge in [-0.3, -0.25) is 9.63 Å². The fourth-order valence-electron chi connectivity index (χ4n) is 3.67. The van der Waals surface area contributed by atoms with Gasteiger partial charge in [-0.05, 0) is 46.1 Å². The highest BCUT2D eigenvalue weighted by Crippen LogP contribution is 2.40. The van der Waals surface area contributed by atoms with Crippen molar-refractivity contribution in [2.24, 2.45) is 0 Å². The minimum absolute atomic E-state index is 0.157. The van der Waals surface area contributed by atoms with Gasteiger partial charge in [0.1, 0.15) is 12.7 Å². The number of aliphatic hydroxyl groups excluding tert-OH is 1. The van der Waals surface area contributed by atoms with Crippen molar-refractivity contribution >= 4 is 5.97 Å². The van der Waals surface area contributed by atoms with Crippen molar-refractivity contribution in [2.75, 3.05) is 6.61 Å². The normalized spacial score (nSPS) is 22.1. The molecule has 5 heteroatoms. The van der Waals surface area contributed by atoms with Gasteiger partial charge in [-0.1, -0.05) is 30.3 Å². The smallest absolute Gasteiger partial charge is 0.302 e. The molecule has 5 nitrogen and oxygen atoms in total. The molecule has 1 fully saturated rings. The first kappa shape index (κ1) is 18.9. The van der Waals surface area contributed by atoms with E-state index in [1.807, 2.05) is 35.4 Å². The van der Waals surface area contributed by atoms with E-state index < -0.39 is 0 Å². The zero-order valence-corrected chi connectivity index (χ0v) is 15.3. The number of carbonyl (C=O) groups is 1. The van der Waals surface area contributed by atoms with Crippen LogP contribution in [0.2, 0.25) is 0 Å². The molecular formula is C19H29NO4. The van der Waals surface area contributed by atoms with Crippen molar-refractivity contribution in [3.63, 3.8) is 0 Å². The highest BCUT2D eigenvalue weighted by Gasteiger charge is 2.47. The van der Waals surface area contributed by atoms with Gasteiger partial charge >= 0.3 is 5.97 Å². The molecule has 1 heterocycles. The SMILES string of the molecule is CC(=O)OCC(ON1C(C)(C)CC(O)CC1(C)C)c1ccccc1. The van der Waals surface area contributed by atoms with Crippen LogP contribution >= 0.6 is 0 Å². The lowest BCUT2D eigenvalue weighted by molar-refractivity contribution is -0.320. The van der Waals surface area contributed by atoms with Crippen molar-refractivity contribution < 1.29 is 19.5 Å². The summed E-state index contributed by atoms with van der Waals surface area (Å²) in [5.74, 6) is -0.327. The number of esters is 1. The summed E-state index contributed by atoms with van der Waals surface area (Å²) in [6, 6.07) is 9.75. The van der Waals surface area contributed by atoms with Crippen molar-refractivity contribution in [2.45, 2.75) is 70.7 Å². The van der Waals surface area contributed by atoms with Crippen LogP contribution in [0, 0.1) is 0 Å². The fourth-order valence-corrected chi connectivity index (χ4v) is 3.67. The predicted molar refractivity (Wildman–Crippen MR) is 92.1 cm³/mol. The van der Waals surface area contributed by atoms with E-state index in [9.17, 15) is 9.90 Å². The first-order chi connectivity index (χ1) is 11.1. The van der Waals surface area contributed by atoms with Crippen LogP contribution in [0.25, 0.3) is 0 Å². The maximum absolute atomic E-state index is 11.2. The van der Waals surface area contributed by atoms with Crippen LogP contribution in [0.4, 0.5) is 0 Å². The molecule has 0 saturated carbocycles. The van der Waals surface area contributed by atoms with Crippen LogP contribution in [-0.2, 0) is 14.4 Å². The Morgan fingerprint density at radius 2 is 1.75 bits per heavy atom. The summed E-state index contributed by atoms with van der Waals surface area (Å²) in [5, 5.41) is 12.1. The minimum atomic E-state index is -0.385. The number of nitrogens with zero attached hydrogens (tertiary/aromatic N) is 1.